The van der Waals surface area contributed by atoms with Gasteiger partial charge in [-0.2, -0.15) is 5.10 Å². The molecule has 1 saturated carbocycles. The molecule has 0 amide bonds. The molecular formula is C17H24N2O. The van der Waals surface area contributed by atoms with E-state index in [0.29, 0.717) is 6.42 Å². The molecule has 1 fully saturated rings. The van der Waals surface area contributed by atoms with Crippen LogP contribution in [0.25, 0.3) is 10.9 Å². The number of aliphatic hydroxyl groups is 1. The summed E-state index contributed by atoms with van der Waals surface area (Å²) >= 11 is 0. The Kier molecular flexibility index (Phi) is 3.79. The lowest BCUT2D eigenvalue weighted by Gasteiger charge is -2.25. The van der Waals surface area contributed by atoms with E-state index in [1.165, 1.54) is 23.7 Å². The second kappa shape index (κ2) is 5.57. The van der Waals surface area contributed by atoms with Crippen LogP contribution in [0.2, 0.25) is 0 Å². The fourth-order valence-electron chi connectivity index (χ4n) is 3.44. The summed E-state index contributed by atoms with van der Waals surface area (Å²) in [6.45, 7) is 2.99. The van der Waals surface area contributed by atoms with Crippen LogP contribution in [0.3, 0.4) is 0 Å². The zero-order valence-corrected chi connectivity index (χ0v) is 12.3. The lowest BCUT2D eigenvalue weighted by Crippen LogP contribution is -2.30. The monoisotopic (exact) mass is 272 g/mol. The summed E-state index contributed by atoms with van der Waals surface area (Å²) in [6.07, 6.45) is 7.33. The number of para-hydroxylation sites is 1. The number of benzene rings is 1. The first-order valence-electron chi connectivity index (χ1n) is 7.89. The Hall–Kier alpha value is -1.35. The van der Waals surface area contributed by atoms with Crippen molar-refractivity contribution in [3.63, 3.8) is 0 Å². The molecule has 3 heteroatoms. The number of aryl methyl sites for hydroxylation is 1. The van der Waals surface area contributed by atoms with Gasteiger partial charge in [-0.15, -0.1) is 0 Å². The molecule has 1 aromatic heterocycles. The van der Waals surface area contributed by atoms with Crippen LogP contribution in [0, 0.1) is 0 Å². The summed E-state index contributed by atoms with van der Waals surface area (Å²) in [5.41, 5.74) is 1.70. The van der Waals surface area contributed by atoms with Gasteiger partial charge in [0.15, 0.2) is 0 Å². The van der Waals surface area contributed by atoms with Gasteiger partial charge in [-0.1, -0.05) is 43.9 Å². The second-order valence-electron chi connectivity index (χ2n) is 6.09. The zero-order chi connectivity index (χ0) is 14.0. The molecule has 3 nitrogen and oxygen atoms in total. The van der Waals surface area contributed by atoms with Crippen LogP contribution in [-0.2, 0) is 13.0 Å². The highest BCUT2D eigenvalue weighted by Gasteiger charge is 2.30. The summed E-state index contributed by atoms with van der Waals surface area (Å²) in [5, 5.41) is 16.8. The van der Waals surface area contributed by atoms with Gasteiger partial charge in [0.1, 0.15) is 0 Å². The van der Waals surface area contributed by atoms with E-state index in [1.807, 2.05) is 4.68 Å². The molecule has 0 aliphatic heterocycles. The van der Waals surface area contributed by atoms with E-state index in [4.69, 9.17) is 5.10 Å². The van der Waals surface area contributed by atoms with Crippen LogP contribution in [-0.4, -0.2) is 20.5 Å². The number of rotatable bonds is 3. The van der Waals surface area contributed by atoms with E-state index in [2.05, 4.69) is 31.2 Å². The third-order valence-electron chi connectivity index (χ3n) is 4.56. The van der Waals surface area contributed by atoms with Crippen LogP contribution in [0.15, 0.2) is 24.3 Å². The van der Waals surface area contributed by atoms with Gasteiger partial charge in [0.2, 0.25) is 0 Å². The lowest BCUT2D eigenvalue weighted by atomic mass is 9.89. The Labute approximate surface area is 120 Å². The molecule has 0 atom stereocenters. The van der Waals surface area contributed by atoms with E-state index >= 15 is 0 Å². The van der Waals surface area contributed by atoms with Crippen molar-refractivity contribution in [2.45, 2.75) is 64.0 Å². The number of fused-ring (bicyclic) bond motifs is 1. The molecule has 0 unspecified atom stereocenters. The molecule has 1 aromatic carbocycles. The maximum Gasteiger partial charge on any atom is 0.0731 e. The first kappa shape index (κ1) is 13.6. The number of aromatic nitrogens is 2. The Balaban J connectivity index is 1.93. The molecule has 2 aromatic rings. The molecule has 0 saturated heterocycles. The van der Waals surface area contributed by atoms with Gasteiger partial charge in [0.05, 0.1) is 16.8 Å². The summed E-state index contributed by atoms with van der Waals surface area (Å²) in [5.74, 6) is 0. The Morgan fingerprint density at radius 1 is 1.15 bits per heavy atom. The highest BCUT2D eigenvalue weighted by Crippen LogP contribution is 2.32. The van der Waals surface area contributed by atoms with Crippen molar-refractivity contribution in [3.8, 4) is 0 Å². The van der Waals surface area contributed by atoms with E-state index < -0.39 is 5.60 Å². The molecule has 3 rings (SSSR count). The van der Waals surface area contributed by atoms with Gasteiger partial charge in [-0.05, 0) is 25.8 Å². The van der Waals surface area contributed by atoms with Crippen molar-refractivity contribution < 1.29 is 5.11 Å². The molecule has 1 heterocycles. The topological polar surface area (TPSA) is 38.0 Å². The molecule has 1 aliphatic carbocycles. The number of hydrogen-bond acceptors (Lipinski definition) is 2. The van der Waals surface area contributed by atoms with Crippen molar-refractivity contribution in [1.82, 2.24) is 9.78 Å². The van der Waals surface area contributed by atoms with Gasteiger partial charge in [0.25, 0.3) is 0 Å². The highest BCUT2D eigenvalue weighted by atomic mass is 16.3. The Morgan fingerprint density at radius 3 is 2.55 bits per heavy atom. The van der Waals surface area contributed by atoms with Gasteiger partial charge in [-0.25, -0.2) is 0 Å². The minimum atomic E-state index is -0.549. The van der Waals surface area contributed by atoms with Crippen LogP contribution in [0.4, 0.5) is 0 Å². The van der Waals surface area contributed by atoms with Gasteiger partial charge < -0.3 is 5.11 Å². The second-order valence-corrected chi connectivity index (χ2v) is 6.09. The van der Waals surface area contributed by atoms with Gasteiger partial charge in [0, 0.05) is 18.4 Å². The molecule has 108 valence electrons. The number of nitrogens with zero attached hydrogens (tertiary/aromatic N) is 2. The Bertz CT molecular complexity index is 580. The fourth-order valence-corrected chi connectivity index (χ4v) is 3.44. The van der Waals surface area contributed by atoms with E-state index in [-0.39, 0.29) is 0 Å². The lowest BCUT2D eigenvalue weighted by molar-refractivity contribution is 0.0245. The SMILES string of the molecule is CCn1nc(CC2(O)CCCCCC2)c2ccccc21. The van der Waals surface area contributed by atoms with Crippen LogP contribution < -0.4 is 0 Å². The van der Waals surface area contributed by atoms with Crippen LogP contribution in [0.5, 0.6) is 0 Å². The van der Waals surface area contributed by atoms with Crippen molar-refractivity contribution in [1.29, 1.82) is 0 Å². The molecule has 1 N–H and O–H groups in total. The quantitative estimate of drug-likeness (QED) is 0.865. The highest BCUT2D eigenvalue weighted by molar-refractivity contribution is 5.82. The van der Waals surface area contributed by atoms with Crippen molar-refractivity contribution >= 4 is 10.9 Å². The predicted octanol–water partition coefficient (Wildman–Crippen LogP) is 3.68. The Morgan fingerprint density at radius 2 is 1.85 bits per heavy atom. The average Bonchev–Trinajstić information content (AvgIpc) is 2.65. The molecule has 0 spiro atoms. The van der Waals surface area contributed by atoms with E-state index in [1.54, 1.807) is 0 Å². The minimum Gasteiger partial charge on any atom is -0.389 e. The summed E-state index contributed by atoms with van der Waals surface area (Å²) in [6, 6.07) is 8.36. The zero-order valence-electron chi connectivity index (χ0n) is 12.3. The third kappa shape index (κ3) is 2.59. The molecule has 20 heavy (non-hydrogen) atoms. The number of hydrogen-bond donors (Lipinski definition) is 1. The van der Waals surface area contributed by atoms with E-state index in [0.717, 1.165) is 37.9 Å². The van der Waals surface area contributed by atoms with Crippen molar-refractivity contribution in [2.24, 2.45) is 0 Å². The van der Waals surface area contributed by atoms with Gasteiger partial charge >= 0.3 is 0 Å². The molecule has 0 radical (unpaired) electrons. The molecule has 0 bridgehead atoms. The smallest absolute Gasteiger partial charge is 0.0731 e. The first-order chi connectivity index (χ1) is 9.72. The summed E-state index contributed by atoms with van der Waals surface area (Å²) in [7, 11) is 0. The van der Waals surface area contributed by atoms with E-state index in [9.17, 15) is 5.11 Å². The average molecular weight is 272 g/mol. The minimum absolute atomic E-state index is 0.549. The maximum atomic E-state index is 10.9. The standard InChI is InChI=1S/C17H24N2O/c1-2-19-16-10-6-5-9-14(16)15(18-19)13-17(20)11-7-3-4-8-12-17/h5-6,9-10,20H,2-4,7-8,11-13H2,1H3. The van der Waals surface area contributed by atoms with Gasteiger partial charge in [-0.3, -0.25) is 4.68 Å². The molecular weight excluding hydrogens is 248 g/mol. The predicted molar refractivity (Wildman–Crippen MR) is 81.8 cm³/mol. The summed E-state index contributed by atoms with van der Waals surface area (Å²) in [4.78, 5) is 0. The summed E-state index contributed by atoms with van der Waals surface area (Å²) < 4.78 is 2.05. The third-order valence-corrected chi connectivity index (χ3v) is 4.56. The van der Waals surface area contributed by atoms with Crippen LogP contribution >= 0.6 is 0 Å². The van der Waals surface area contributed by atoms with Crippen molar-refractivity contribution in [3.05, 3.63) is 30.0 Å². The normalized spacial score (nSPS) is 19.1. The maximum absolute atomic E-state index is 10.9. The van der Waals surface area contributed by atoms with Crippen molar-refractivity contribution in [2.75, 3.05) is 0 Å². The van der Waals surface area contributed by atoms with Crippen LogP contribution in [0.1, 0.15) is 51.1 Å². The molecule has 1 aliphatic rings. The largest absolute Gasteiger partial charge is 0.389 e. The fraction of sp³-hybridized carbons (Fsp3) is 0.588. The first-order valence-corrected chi connectivity index (χ1v) is 7.89.